The van der Waals surface area contributed by atoms with E-state index in [1.165, 1.54) is 0 Å². The third-order valence-electron chi connectivity index (χ3n) is 4.24. The average Bonchev–Trinajstić information content (AvgIpc) is 3.20. The summed E-state index contributed by atoms with van der Waals surface area (Å²) in [4.78, 5) is 11.1. The van der Waals surface area contributed by atoms with Crippen molar-refractivity contribution in [3.8, 4) is 5.75 Å². The molecule has 2 aromatic rings. The molecule has 140 valence electrons. The third kappa shape index (κ3) is 5.92. The fourth-order valence-corrected chi connectivity index (χ4v) is 4.57. The molecule has 0 bridgehead atoms. The zero-order chi connectivity index (χ0) is 18.0. The number of rotatable bonds is 7. The first-order valence-electron chi connectivity index (χ1n) is 9.05. The van der Waals surface area contributed by atoms with Crippen LogP contribution in [0.4, 0.5) is 0 Å². The van der Waals surface area contributed by atoms with Gasteiger partial charge in [-0.05, 0) is 18.6 Å². The van der Waals surface area contributed by atoms with Gasteiger partial charge in [-0.2, -0.15) is 0 Å². The Hall–Kier alpha value is -1.73. The second-order valence-electron chi connectivity index (χ2n) is 6.09. The summed E-state index contributed by atoms with van der Waals surface area (Å²) in [5.41, 5.74) is 0. The number of para-hydroxylation sites is 1. The van der Waals surface area contributed by atoms with Crippen molar-refractivity contribution in [2.45, 2.75) is 29.7 Å². The Morgan fingerprint density at radius 2 is 2.15 bits per heavy atom. The summed E-state index contributed by atoms with van der Waals surface area (Å²) in [6.45, 7) is 2.89. The van der Waals surface area contributed by atoms with Gasteiger partial charge in [0.05, 0.1) is 0 Å². The van der Waals surface area contributed by atoms with Crippen LogP contribution in [-0.2, 0) is 0 Å². The monoisotopic (exact) mass is 390 g/mol. The van der Waals surface area contributed by atoms with E-state index in [1.807, 2.05) is 60.7 Å². The first-order valence-corrected chi connectivity index (χ1v) is 10.9. The van der Waals surface area contributed by atoms with E-state index < -0.39 is 0 Å². The van der Waals surface area contributed by atoms with Crippen LogP contribution in [0.15, 0.2) is 51.2 Å². The third-order valence-corrected chi connectivity index (χ3v) is 6.29. The van der Waals surface area contributed by atoms with Gasteiger partial charge in [0.2, 0.25) is 0 Å². The zero-order valence-corrected chi connectivity index (χ0v) is 16.8. The number of likely N-dealkylation sites (tertiary alicyclic amines) is 1. The Morgan fingerprint density at radius 1 is 1.35 bits per heavy atom. The SMILES string of the molecule is CN=C(NCCCSc1nccs1)N1CCC(Oc2ccccc2)CC1. The van der Waals surface area contributed by atoms with E-state index in [1.54, 1.807) is 11.3 Å². The number of hydrogen-bond acceptors (Lipinski definition) is 5. The van der Waals surface area contributed by atoms with Gasteiger partial charge >= 0.3 is 0 Å². The first-order chi connectivity index (χ1) is 12.8. The number of hydrogen-bond donors (Lipinski definition) is 1. The molecule has 1 N–H and O–H groups in total. The number of ether oxygens (including phenoxy) is 1. The van der Waals surface area contributed by atoms with Crippen molar-refractivity contribution in [3.05, 3.63) is 41.9 Å². The van der Waals surface area contributed by atoms with Crippen LogP contribution in [0.25, 0.3) is 0 Å². The van der Waals surface area contributed by atoms with E-state index >= 15 is 0 Å². The van der Waals surface area contributed by atoms with Crippen LogP contribution in [0.5, 0.6) is 5.75 Å². The highest BCUT2D eigenvalue weighted by Gasteiger charge is 2.22. The van der Waals surface area contributed by atoms with Crippen molar-refractivity contribution < 1.29 is 4.74 Å². The molecule has 3 rings (SSSR count). The van der Waals surface area contributed by atoms with Gasteiger partial charge in [-0.1, -0.05) is 30.0 Å². The minimum Gasteiger partial charge on any atom is -0.490 e. The predicted molar refractivity (Wildman–Crippen MR) is 110 cm³/mol. The van der Waals surface area contributed by atoms with Crippen molar-refractivity contribution in [1.29, 1.82) is 0 Å². The lowest BCUT2D eigenvalue weighted by atomic mass is 10.1. The first kappa shape index (κ1) is 19.0. The quantitative estimate of drug-likeness (QED) is 0.338. The summed E-state index contributed by atoms with van der Waals surface area (Å²) >= 11 is 3.52. The molecule has 7 heteroatoms. The molecule has 1 aromatic heterocycles. The summed E-state index contributed by atoms with van der Waals surface area (Å²) in [7, 11) is 1.86. The molecule has 0 radical (unpaired) electrons. The van der Waals surface area contributed by atoms with E-state index in [9.17, 15) is 0 Å². The highest BCUT2D eigenvalue weighted by Crippen LogP contribution is 2.21. The molecule has 0 atom stereocenters. The lowest BCUT2D eigenvalue weighted by molar-refractivity contribution is 0.129. The summed E-state index contributed by atoms with van der Waals surface area (Å²) in [6.07, 6.45) is 5.29. The second-order valence-corrected chi connectivity index (χ2v) is 8.33. The Labute approximate surface area is 163 Å². The van der Waals surface area contributed by atoms with Gasteiger partial charge in [0.25, 0.3) is 0 Å². The number of piperidine rings is 1. The molecule has 1 saturated heterocycles. The molecular weight excluding hydrogens is 364 g/mol. The van der Waals surface area contributed by atoms with Gasteiger partial charge in [0.1, 0.15) is 16.2 Å². The summed E-state index contributed by atoms with van der Waals surface area (Å²) in [5.74, 6) is 3.04. The maximum Gasteiger partial charge on any atom is 0.193 e. The molecule has 0 unspecified atom stereocenters. The molecule has 1 fully saturated rings. The average molecular weight is 391 g/mol. The van der Waals surface area contributed by atoms with Crippen LogP contribution in [0, 0.1) is 0 Å². The summed E-state index contributed by atoms with van der Waals surface area (Å²) < 4.78 is 7.22. The van der Waals surface area contributed by atoms with Crippen molar-refractivity contribution in [2.24, 2.45) is 4.99 Å². The normalized spacial score (nSPS) is 15.9. The highest BCUT2D eigenvalue weighted by molar-refractivity contribution is 8.00. The van der Waals surface area contributed by atoms with E-state index in [2.05, 4.69) is 20.2 Å². The van der Waals surface area contributed by atoms with Crippen LogP contribution in [-0.4, -0.2) is 54.4 Å². The number of aliphatic imine (C=N–C) groups is 1. The fraction of sp³-hybridized carbons (Fsp3) is 0.474. The van der Waals surface area contributed by atoms with Gasteiger partial charge in [-0.15, -0.1) is 11.3 Å². The predicted octanol–water partition coefficient (Wildman–Crippen LogP) is 3.74. The molecule has 0 saturated carbocycles. The molecule has 1 aliphatic rings. The maximum atomic E-state index is 6.07. The number of aromatic nitrogens is 1. The molecule has 1 aromatic carbocycles. The number of nitrogens with one attached hydrogen (secondary N) is 1. The smallest absolute Gasteiger partial charge is 0.193 e. The molecular formula is C19H26N4OS2. The standard InChI is InChI=1S/C19H26N4OS2/c1-20-18(21-10-5-14-25-19-22-11-15-26-19)23-12-8-17(9-13-23)24-16-6-3-2-4-7-16/h2-4,6-7,11,15,17H,5,8-10,12-14H2,1H3,(H,20,21). The Bertz CT molecular complexity index is 655. The molecule has 0 amide bonds. The van der Waals surface area contributed by atoms with Gasteiger partial charge in [0, 0.05) is 56.9 Å². The van der Waals surface area contributed by atoms with E-state index in [0.717, 1.165) is 60.7 Å². The van der Waals surface area contributed by atoms with Crippen LogP contribution >= 0.6 is 23.1 Å². The molecule has 2 heterocycles. The fourth-order valence-electron chi connectivity index (χ4n) is 2.92. The molecule has 0 aliphatic carbocycles. The summed E-state index contributed by atoms with van der Waals surface area (Å²) in [5, 5.41) is 5.51. The Morgan fingerprint density at radius 3 is 2.85 bits per heavy atom. The Kier molecular flexibility index (Phi) is 7.64. The van der Waals surface area contributed by atoms with Crippen molar-refractivity contribution in [1.82, 2.24) is 15.2 Å². The molecule has 26 heavy (non-hydrogen) atoms. The zero-order valence-electron chi connectivity index (χ0n) is 15.1. The van der Waals surface area contributed by atoms with Crippen LogP contribution in [0.3, 0.4) is 0 Å². The molecule has 1 aliphatic heterocycles. The minimum atomic E-state index is 0.293. The van der Waals surface area contributed by atoms with Crippen molar-refractivity contribution >= 4 is 29.1 Å². The number of benzene rings is 1. The van der Waals surface area contributed by atoms with Crippen molar-refractivity contribution in [3.63, 3.8) is 0 Å². The van der Waals surface area contributed by atoms with Gasteiger partial charge < -0.3 is 15.0 Å². The van der Waals surface area contributed by atoms with Crippen LogP contribution < -0.4 is 10.1 Å². The topological polar surface area (TPSA) is 49.8 Å². The lowest BCUT2D eigenvalue weighted by Gasteiger charge is -2.34. The van der Waals surface area contributed by atoms with E-state index in [4.69, 9.17) is 4.74 Å². The highest BCUT2D eigenvalue weighted by atomic mass is 32.2. The summed E-state index contributed by atoms with van der Waals surface area (Å²) in [6, 6.07) is 10.1. The largest absolute Gasteiger partial charge is 0.490 e. The van der Waals surface area contributed by atoms with Gasteiger partial charge in [-0.3, -0.25) is 4.99 Å². The second kappa shape index (κ2) is 10.4. The number of thioether (sulfide) groups is 1. The van der Waals surface area contributed by atoms with Crippen molar-refractivity contribution in [2.75, 3.05) is 32.4 Å². The lowest BCUT2D eigenvalue weighted by Crippen LogP contribution is -2.47. The molecule has 5 nitrogen and oxygen atoms in total. The molecule has 0 spiro atoms. The van der Waals surface area contributed by atoms with Crippen LogP contribution in [0.2, 0.25) is 0 Å². The van der Waals surface area contributed by atoms with Gasteiger partial charge in [-0.25, -0.2) is 4.98 Å². The Balaban J connectivity index is 1.34. The number of nitrogens with zero attached hydrogens (tertiary/aromatic N) is 3. The number of guanidine groups is 1. The maximum absolute atomic E-state index is 6.07. The van der Waals surface area contributed by atoms with Crippen LogP contribution in [0.1, 0.15) is 19.3 Å². The van der Waals surface area contributed by atoms with Gasteiger partial charge in [0.15, 0.2) is 5.96 Å². The van der Waals surface area contributed by atoms with E-state index in [-0.39, 0.29) is 0 Å². The number of thiazole rings is 1. The van der Waals surface area contributed by atoms with E-state index in [0.29, 0.717) is 6.10 Å². The minimum absolute atomic E-state index is 0.293.